The predicted octanol–water partition coefficient (Wildman–Crippen LogP) is 0.903. The Labute approximate surface area is 123 Å². The second kappa shape index (κ2) is 5.37. The van der Waals surface area contributed by atoms with Crippen LogP contribution in [0.2, 0.25) is 0 Å². The average Bonchev–Trinajstić information content (AvgIpc) is 2.52. The first-order valence-corrected chi connectivity index (χ1v) is 7.03. The summed E-state index contributed by atoms with van der Waals surface area (Å²) in [5, 5.41) is 0. The third kappa shape index (κ3) is 2.47. The number of carbonyl (C=O) groups excluding carboxylic acids is 2. The summed E-state index contributed by atoms with van der Waals surface area (Å²) in [7, 11) is 1.71. The van der Waals surface area contributed by atoms with Crippen molar-refractivity contribution in [3.05, 3.63) is 23.8 Å². The Morgan fingerprint density at radius 3 is 2.71 bits per heavy atom. The Kier molecular flexibility index (Phi) is 3.55. The summed E-state index contributed by atoms with van der Waals surface area (Å²) in [4.78, 5) is 27.6. The molecule has 6 nitrogen and oxygen atoms in total. The van der Waals surface area contributed by atoms with E-state index >= 15 is 0 Å². The topological polar surface area (TPSA) is 59.1 Å². The van der Waals surface area contributed by atoms with E-state index in [4.69, 9.17) is 9.47 Å². The molecule has 1 fully saturated rings. The lowest BCUT2D eigenvalue weighted by atomic mass is 10.1. The van der Waals surface area contributed by atoms with Crippen LogP contribution in [0.15, 0.2) is 18.2 Å². The second-order valence-electron chi connectivity index (χ2n) is 5.24. The lowest BCUT2D eigenvalue weighted by Crippen LogP contribution is -2.42. The van der Waals surface area contributed by atoms with Gasteiger partial charge in [-0.25, -0.2) is 0 Å². The number of nitrogens with zero attached hydrogens (tertiary/aromatic N) is 2. The molecule has 0 saturated carbocycles. The van der Waals surface area contributed by atoms with Gasteiger partial charge in [-0.3, -0.25) is 9.59 Å². The van der Waals surface area contributed by atoms with E-state index in [-0.39, 0.29) is 11.8 Å². The summed E-state index contributed by atoms with van der Waals surface area (Å²) in [5.74, 6) is 0.454. The lowest BCUT2D eigenvalue weighted by molar-refractivity contribution is -0.125. The number of benzene rings is 1. The minimum absolute atomic E-state index is 0.0306. The molecule has 1 aromatic carbocycles. The Hall–Kier alpha value is -2.08. The van der Waals surface area contributed by atoms with E-state index < -0.39 is 6.10 Å². The lowest BCUT2D eigenvalue weighted by Gasteiger charge is -2.31. The zero-order chi connectivity index (χ0) is 15.0. The highest BCUT2D eigenvalue weighted by atomic mass is 16.5. The van der Waals surface area contributed by atoms with Crippen molar-refractivity contribution in [3.63, 3.8) is 0 Å². The summed E-state index contributed by atoms with van der Waals surface area (Å²) < 4.78 is 10.9. The minimum atomic E-state index is -0.531. The summed E-state index contributed by atoms with van der Waals surface area (Å²) in [6, 6.07) is 5.21. The van der Waals surface area contributed by atoms with E-state index in [2.05, 4.69) is 0 Å². The quantitative estimate of drug-likeness (QED) is 0.771. The highest BCUT2D eigenvalue weighted by molar-refractivity contribution is 6.01. The molecule has 0 aromatic heterocycles. The molecule has 0 N–H and O–H groups in total. The van der Waals surface area contributed by atoms with Gasteiger partial charge in [0.25, 0.3) is 11.8 Å². The zero-order valence-electron chi connectivity index (χ0n) is 12.2. The molecule has 1 unspecified atom stereocenters. The van der Waals surface area contributed by atoms with Crippen LogP contribution in [0, 0.1) is 0 Å². The van der Waals surface area contributed by atoms with Crippen LogP contribution in [0.25, 0.3) is 0 Å². The number of morpholine rings is 1. The first-order chi connectivity index (χ1) is 10.1. The molecule has 2 aliphatic heterocycles. The number of anilines is 1. The monoisotopic (exact) mass is 290 g/mol. The summed E-state index contributed by atoms with van der Waals surface area (Å²) in [5.41, 5.74) is 1.27. The Balaban J connectivity index is 1.87. The summed E-state index contributed by atoms with van der Waals surface area (Å²) >= 11 is 0. The summed E-state index contributed by atoms with van der Waals surface area (Å²) in [6.45, 7) is 4.05. The molecule has 1 atom stereocenters. The molecule has 0 bridgehead atoms. The normalized spacial score (nSPS) is 21.8. The maximum atomic E-state index is 12.4. The molecule has 2 heterocycles. The zero-order valence-corrected chi connectivity index (χ0v) is 12.2. The number of amides is 2. The summed E-state index contributed by atoms with van der Waals surface area (Å²) in [6.07, 6.45) is -0.531. The van der Waals surface area contributed by atoms with Crippen LogP contribution in [0.3, 0.4) is 0 Å². The SMILES string of the molecule is CC1Oc2cc(C(=O)N3CCOCC3)ccc2N(C)C1=O. The predicted molar refractivity (Wildman–Crippen MR) is 76.7 cm³/mol. The van der Waals surface area contributed by atoms with Crippen molar-refractivity contribution in [2.75, 3.05) is 38.3 Å². The fraction of sp³-hybridized carbons (Fsp3) is 0.467. The van der Waals surface area contributed by atoms with Crippen molar-refractivity contribution in [1.29, 1.82) is 0 Å². The molecule has 6 heteroatoms. The molecule has 21 heavy (non-hydrogen) atoms. The maximum Gasteiger partial charge on any atom is 0.267 e. The van der Waals surface area contributed by atoms with Crippen molar-refractivity contribution < 1.29 is 19.1 Å². The first-order valence-electron chi connectivity index (χ1n) is 7.03. The van der Waals surface area contributed by atoms with Crippen LogP contribution < -0.4 is 9.64 Å². The first kappa shape index (κ1) is 13.9. The van der Waals surface area contributed by atoms with Gasteiger partial charge in [0.15, 0.2) is 6.10 Å². The third-order valence-electron chi connectivity index (χ3n) is 3.85. The minimum Gasteiger partial charge on any atom is -0.479 e. The van der Waals surface area contributed by atoms with Gasteiger partial charge in [-0.2, -0.15) is 0 Å². The van der Waals surface area contributed by atoms with Crippen LogP contribution in [0.5, 0.6) is 5.75 Å². The molecule has 2 amide bonds. The number of rotatable bonds is 1. The van der Waals surface area contributed by atoms with E-state index in [0.717, 1.165) is 0 Å². The molecule has 0 radical (unpaired) electrons. The van der Waals surface area contributed by atoms with Gasteiger partial charge in [-0.15, -0.1) is 0 Å². The van der Waals surface area contributed by atoms with Crippen molar-refractivity contribution in [2.24, 2.45) is 0 Å². The molecule has 2 aliphatic rings. The van der Waals surface area contributed by atoms with Crippen LogP contribution in [-0.4, -0.2) is 56.2 Å². The smallest absolute Gasteiger partial charge is 0.267 e. The van der Waals surface area contributed by atoms with E-state index in [1.54, 1.807) is 42.0 Å². The number of likely N-dealkylation sites (N-methyl/N-ethyl adjacent to an activating group) is 1. The number of ether oxygens (including phenoxy) is 2. The van der Waals surface area contributed by atoms with Crippen molar-refractivity contribution in [3.8, 4) is 5.75 Å². The Bertz CT molecular complexity index is 581. The fourth-order valence-electron chi connectivity index (χ4n) is 2.60. The van der Waals surface area contributed by atoms with E-state index in [0.29, 0.717) is 43.3 Å². The number of fused-ring (bicyclic) bond motifs is 1. The van der Waals surface area contributed by atoms with Crippen LogP contribution in [0.4, 0.5) is 5.69 Å². The van der Waals surface area contributed by atoms with E-state index in [1.807, 2.05) is 0 Å². The molecule has 1 aromatic rings. The van der Waals surface area contributed by atoms with E-state index in [1.165, 1.54) is 0 Å². The Morgan fingerprint density at radius 2 is 2.00 bits per heavy atom. The van der Waals surface area contributed by atoms with Crippen LogP contribution >= 0.6 is 0 Å². The van der Waals surface area contributed by atoms with Gasteiger partial charge in [0.1, 0.15) is 5.75 Å². The fourth-order valence-corrected chi connectivity index (χ4v) is 2.60. The van der Waals surface area contributed by atoms with Gasteiger partial charge in [0.05, 0.1) is 18.9 Å². The molecular weight excluding hydrogens is 272 g/mol. The van der Waals surface area contributed by atoms with E-state index in [9.17, 15) is 9.59 Å². The highest BCUT2D eigenvalue weighted by Crippen LogP contribution is 2.34. The standard InChI is InChI=1S/C15H18N2O4/c1-10-14(18)16(2)12-4-3-11(9-13(12)21-10)15(19)17-5-7-20-8-6-17/h3-4,9-10H,5-8H2,1-2H3. The van der Waals surface area contributed by atoms with Gasteiger partial charge in [-0.05, 0) is 25.1 Å². The molecule has 0 spiro atoms. The van der Waals surface area contributed by atoms with Gasteiger partial charge < -0.3 is 19.3 Å². The van der Waals surface area contributed by atoms with Crippen molar-refractivity contribution >= 4 is 17.5 Å². The molecule has 1 saturated heterocycles. The van der Waals surface area contributed by atoms with Gasteiger partial charge >= 0.3 is 0 Å². The molecule has 0 aliphatic carbocycles. The van der Waals surface area contributed by atoms with Crippen LogP contribution in [0.1, 0.15) is 17.3 Å². The largest absolute Gasteiger partial charge is 0.479 e. The van der Waals surface area contributed by atoms with Crippen LogP contribution in [-0.2, 0) is 9.53 Å². The third-order valence-corrected chi connectivity index (χ3v) is 3.85. The molecule has 3 rings (SSSR count). The van der Waals surface area contributed by atoms with Crippen molar-refractivity contribution in [1.82, 2.24) is 4.90 Å². The molecule has 112 valence electrons. The number of hydrogen-bond acceptors (Lipinski definition) is 4. The van der Waals surface area contributed by atoms with Crippen molar-refractivity contribution in [2.45, 2.75) is 13.0 Å². The number of carbonyl (C=O) groups is 2. The number of hydrogen-bond donors (Lipinski definition) is 0. The highest BCUT2D eigenvalue weighted by Gasteiger charge is 2.30. The maximum absolute atomic E-state index is 12.4. The Morgan fingerprint density at radius 1 is 1.29 bits per heavy atom. The average molecular weight is 290 g/mol. The second-order valence-corrected chi connectivity index (χ2v) is 5.24. The van der Waals surface area contributed by atoms with Gasteiger partial charge in [-0.1, -0.05) is 0 Å². The van der Waals surface area contributed by atoms with Gasteiger partial charge in [0, 0.05) is 25.7 Å². The molecular formula is C15H18N2O4. The van der Waals surface area contributed by atoms with Gasteiger partial charge in [0.2, 0.25) is 0 Å².